The lowest BCUT2D eigenvalue weighted by Gasteiger charge is -2.14. The zero-order chi connectivity index (χ0) is 14.7. The molecule has 0 bridgehead atoms. The molecule has 0 aliphatic carbocycles. The van der Waals surface area contributed by atoms with E-state index in [2.05, 4.69) is 5.32 Å². The van der Waals surface area contributed by atoms with Crippen LogP contribution in [0.4, 0.5) is 5.69 Å². The molecule has 0 radical (unpaired) electrons. The Kier molecular flexibility index (Phi) is 3.89. The zero-order valence-electron chi connectivity index (χ0n) is 11.4. The van der Waals surface area contributed by atoms with Crippen molar-refractivity contribution in [3.63, 3.8) is 0 Å². The van der Waals surface area contributed by atoms with Gasteiger partial charge in [0.25, 0.3) is 0 Å². The normalized spacial score (nSPS) is 10.3. The van der Waals surface area contributed by atoms with E-state index < -0.39 is 0 Å². The lowest BCUT2D eigenvalue weighted by molar-refractivity contribution is -0.116. The van der Waals surface area contributed by atoms with Crippen LogP contribution in [0.3, 0.4) is 0 Å². The molecule has 2 aromatic rings. The van der Waals surface area contributed by atoms with E-state index in [9.17, 15) is 14.7 Å². The Morgan fingerprint density at radius 1 is 1.15 bits per heavy atom. The summed E-state index contributed by atoms with van der Waals surface area (Å²) in [5.74, 6) is -0.0411. The molecule has 2 N–H and O–H groups in total. The van der Waals surface area contributed by atoms with Crippen LogP contribution in [0.5, 0.6) is 5.75 Å². The maximum atomic E-state index is 12.0. The molecule has 0 saturated heterocycles. The maximum absolute atomic E-state index is 12.0. The van der Waals surface area contributed by atoms with Crippen LogP contribution in [-0.2, 0) is 11.3 Å². The Bertz CT molecular complexity index is 661. The number of amides is 1. The molecule has 5 nitrogen and oxygen atoms in total. The van der Waals surface area contributed by atoms with Crippen LogP contribution in [0.2, 0.25) is 0 Å². The smallest absolute Gasteiger partial charge is 0.244 e. The Labute approximate surface area is 116 Å². The lowest BCUT2D eigenvalue weighted by Crippen LogP contribution is -2.23. The number of aryl methyl sites for hydroxylation is 2. The maximum Gasteiger partial charge on any atom is 0.244 e. The number of phenolic OH excluding ortho intramolecular Hbond substituents is 1. The lowest BCUT2D eigenvalue weighted by atomic mass is 10.2. The predicted octanol–water partition coefficient (Wildman–Crippen LogP) is 1.81. The van der Waals surface area contributed by atoms with Gasteiger partial charge in [0.15, 0.2) is 5.43 Å². The Hall–Kier alpha value is -2.56. The minimum Gasteiger partial charge on any atom is -0.508 e. The minimum atomic E-state index is -0.189. The van der Waals surface area contributed by atoms with Crippen molar-refractivity contribution in [1.29, 1.82) is 0 Å². The van der Waals surface area contributed by atoms with Crippen LogP contribution in [0, 0.1) is 13.8 Å². The Morgan fingerprint density at radius 3 is 2.25 bits per heavy atom. The predicted molar refractivity (Wildman–Crippen MR) is 76.9 cm³/mol. The van der Waals surface area contributed by atoms with Crippen LogP contribution in [0.15, 0.2) is 41.2 Å². The first kappa shape index (κ1) is 13.9. The summed E-state index contributed by atoms with van der Waals surface area (Å²) in [6.45, 7) is 3.73. The zero-order valence-corrected chi connectivity index (χ0v) is 11.4. The second kappa shape index (κ2) is 5.61. The van der Waals surface area contributed by atoms with Crippen molar-refractivity contribution in [2.24, 2.45) is 0 Å². The van der Waals surface area contributed by atoms with Crippen LogP contribution in [-0.4, -0.2) is 15.6 Å². The van der Waals surface area contributed by atoms with Crippen molar-refractivity contribution in [1.82, 2.24) is 4.57 Å². The third kappa shape index (κ3) is 3.26. The van der Waals surface area contributed by atoms with E-state index in [4.69, 9.17) is 0 Å². The van der Waals surface area contributed by atoms with E-state index in [1.807, 2.05) is 0 Å². The van der Waals surface area contributed by atoms with Gasteiger partial charge in [-0.05, 0) is 38.1 Å². The molecule has 104 valence electrons. The summed E-state index contributed by atoms with van der Waals surface area (Å²) in [6, 6.07) is 9.26. The average Bonchev–Trinajstić information content (AvgIpc) is 2.36. The molecule has 1 aromatic heterocycles. The molecule has 0 atom stereocenters. The van der Waals surface area contributed by atoms with E-state index >= 15 is 0 Å². The van der Waals surface area contributed by atoms with Gasteiger partial charge in [-0.15, -0.1) is 0 Å². The first-order valence-electron chi connectivity index (χ1n) is 6.22. The summed E-state index contributed by atoms with van der Waals surface area (Å²) in [6.07, 6.45) is 0. The van der Waals surface area contributed by atoms with Gasteiger partial charge in [-0.1, -0.05) is 0 Å². The fourth-order valence-corrected chi connectivity index (χ4v) is 2.03. The van der Waals surface area contributed by atoms with Gasteiger partial charge in [0.05, 0.1) is 0 Å². The average molecular weight is 272 g/mol. The number of benzene rings is 1. The van der Waals surface area contributed by atoms with Crippen molar-refractivity contribution in [2.45, 2.75) is 20.4 Å². The number of carbonyl (C=O) groups is 1. The number of nitrogens with one attached hydrogen (secondary N) is 1. The number of aromatic nitrogens is 1. The highest BCUT2D eigenvalue weighted by Crippen LogP contribution is 2.13. The monoisotopic (exact) mass is 272 g/mol. The topological polar surface area (TPSA) is 71.3 Å². The summed E-state index contributed by atoms with van der Waals surface area (Å²) >= 11 is 0. The van der Waals surface area contributed by atoms with Gasteiger partial charge in [-0.25, -0.2) is 0 Å². The highest BCUT2D eigenvalue weighted by atomic mass is 16.3. The number of pyridine rings is 1. The molecule has 0 unspecified atom stereocenters. The van der Waals surface area contributed by atoms with Crippen LogP contribution in [0.1, 0.15) is 11.4 Å². The van der Waals surface area contributed by atoms with Crippen molar-refractivity contribution < 1.29 is 9.90 Å². The number of anilines is 1. The number of nitrogens with zero attached hydrogens (tertiary/aromatic N) is 1. The third-order valence-corrected chi connectivity index (χ3v) is 3.01. The first-order valence-corrected chi connectivity index (χ1v) is 6.22. The number of hydrogen-bond donors (Lipinski definition) is 2. The SMILES string of the molecule is Cc1cc(=O)cc(C)n1CC(=O)Nc1ccc(O)cc1. The van der Waals surface area contributed by atoms with Crippen LogP contribution in [0.25, 0.3) is 0 Å². The Morgan fingerprint density at radius 2 is 1.70 bits per heavy atom. The van der Waals surface area contributed by atoms with Crippen molar-refractivity contribution >= 4 is 11.6 Å². The fourth-order valence-electron chi connectivity index (χ4n) is 2.03. The van der Waals surface area contributed by atoms with Gasteiger partial charge in [0.1, 0.15) is 12.3 Å². The number of aromatic hydroxyl groups is 1. The van der Waals surface area contributed by atoms with Crippen molar-refractivity contribution in [3.05, 3.63) is 58.0 Å². The molecule has 0 fully saturated rings. The molecule has 20 heavy (non-hydrogen) atoms. The summed E-state index contributed by atoms with van der Waals surface area (Å²) in [5, 5.41) is 11.9. The molecule has 0 saturated carbocycles. The second-order valence-corrected chi connectivity index (χ2v) is 4.66. The highest BCUT2D eigenvalue weighted by molar-refractivity contribution is 5.90. The van der Waals surface area contributed by atoms with Crippen LogP contribution < -0.4 is 10.7 Å². The van der Waals surface area contributed by atoms with E-state index in [0.29, 0.717) is 5.69 Å². The first-order chi connectivity index (χ1) is 9.45. The molecule has 1 aromatic carbocycles. The highest BCUT2D eigenvalue weighted by Gasteiger charge is 2.07. The summed E-state index contributed by atoms with van der Waals surface area (Å²) in [5.41, 5.74) is 2.05. The van der Waals surface area contributed by atoms with Gasteiger partial charge >= 0.3 is 0 Å². The van der Waals surface area contributed by atoms with E-state index in [0.717, 1.165) is 11.4 Å². The largest absolute Gasteiger partial charge is 0.508 e. The van der Waals surface area contributed by atoms with E-state index in [1.165, 1.54) is 24.3 Å². The van der Waals surface area contributed by atoms with Gasteiger partial charge in [-0.2, -0.15) is 0 Å². The van der Waals surface area contributed by atoms with E-state index in [1.54, 1.807) is 30.5 Å². The van der Waals surface area contributed by atoms with Crippen molar-refractivity contribution in [3.8, 4) is 5.75 Å². The molecule has 1 amide bonds. The standard InChI is InChI=1S/C15H16N2O3/c1-10-7-14(19)8-11(2)17(10)9-15(20)16-12-3-5-13(18)6-4-12/h3-8,18H,9H2,1-2H3,(H,16,20). The summed E-state index contributed by atoms with van der Waals surface area (Å²) in [7, 11) is 0. The molecular formula is C15H16N2O3. The van der Waals surface area contributed by atoms with Gasteiger partial charge in [0.2, 0.25) is 5.91 Å². The number of carbonyl (C=O) groups excluding carboxylic acids is 1. The molecule has 0 spiro atoms. The van der Waals surface area contributed by atoms with E-state index in [-0.39, 0.29) is 23.6 Å². The summed E-state index contributed by atoms with van der Waals surface area (Å²) in [4.78, 5) is 23.3. The molecule has 0 aliphatic rings. The second-order valence-electron chi connectivity index (χ2n) is 4.66. The van der Waals surface area contributed by atoms with Gasteiger partial charge in [0, 0.05) is 29.2 Å². The molecule has 0 aliphatic heterocycles. The van der Waals surface area contributed by atoms with Crippen LogP contribution >= 0.6 is 0 Å². The fraction of sp³-hybridized carbons (Fsp3) is 0.200. The molecule has 5 heteroatoms. The van der Waals surface area contributed by atoms with Crippen molar-refractivity contribution in [2.75, 3.05) is 5.32 Å². The minimum absolute atomic E-state index is 0.0600. The Balaban J connectivity index is 2.12. The van der Waals surface area contributed by atoms with Gasteiger partial charge < -0.3 is 15.0 Å². The third-order valence-electron chi connectivity index (χ3n) is 3.01. The molecular weight excluding hydrogens is 256 g/mol. The number of phenols is 1. The molecule has 2 rings (SSSR count). The number of rotatable bonds is 3. The number of hydrogen-bond acceptors (Lipinski definition) is 3. The van der Waals surface area contributed by atoms with Gasteiger partial charge in [-0.3, -0.25) is 9.59 Å². The summed E-state index contributed by atoms with van der Waals surface area (Å²) < 4.78 is 1.77. The quantitative estimate of drug-likeness (QED) is 0.837. The molecule has 1 heterocycles.